The van der Waals surface area contributed by atoms with E-state index in [9.17, 15) is 0 Å². The fraction of sp³-hybridized carbons (Fsp3) is 0.0769. The lowest BCUT2D eigenvalue weighted by Gasteiger charge is -2.54. The quantitative estimate of drug-likeness (QED) is 0.402. The van der Waals surface area contributed by atoms with Crippen molar-refractivity contribution in [2.75, 3.05) is 0 Å². The Morgan fingerprint density at radius 2 is 0.625 bits per heavy atom. The van der Waals surface area contributed by atoms with Crippen LogP contribution in [0.1, 0.15) is 0 Å². The second kappa shape index (κ2) is 8.40. The topological polar surface area (TPSA) is 36.1 Å². The third-order valence-electron chi connectivity index (χ3n) is 6.20. The van der Waals surface area contributed by atoms with E-state index in [0.717, 1.165) is 0 Å². The first-order valence-electron chi connectivity index (χ1n) is 11.1. The zero-order valence-electron chi connectivity index (χ0n) is 18.5. The van der Waals surface area contributed by atoms with Gasteiger partial charge in [0.15, 0.2) is 8.40 Å². The summed E-state index contributed by atoms with van der Waals surface area (Å²) < 4.78 is 12.8. The van der Waals surface area contributed by atoms with Crippen molar-refractivity contribution in [3.8, 4) is 0 Å². The molecule has 3 nitrogen and oxygen atoms in total. The summed E-state index contributed by atoms with van der Waals surface area (Å²) in [4.78, 5) is 0. The van der Waals surface area contributed by atoms with Gasteiger partial charge in [0.05, 0.1) is 0 Å². The van der Waals surface area contributed by atoms with Crippen molar-refractivity contribution < 1.29 is 0 Å². The van der Waals surface area contributed by atoms with E-state index in [4.69, 9.17) is 0 Å². The molecule has 0 atom stereocenters. The Labute approximate surface area is 194 Å². The van der Waals surface area contributed by atoms with E-state index in [1.165, 1.54) is 20.7 Å². The number of hydrogen-bond donors (Lipinski definition) is 3. The van der Waals surface area contributed by atoms with Gasteiger partial charge < -0.3 is 13.9 Å². The first-order valence-corrected chi connectivity index (χ1v) is 18.1. The molecule has 4 aromatic carbocycles. The van der Waals surface area contributed by atoms with Crippen LogP contribution in [0.15, 0.2) is 121 Å². The lowest BCUT2D eigenvalue weighted by molar-refractivity contribution is 1.08. The second-order valence-corrected chi connectivity index (χ2v) is 20.5. The van der Waals surface area contributed by atoms with E-state index in [1.807, 2.05) is 0 Å². The van der Waals surface area contributed by atoms with Gasteiger partial charge in [-0.1, -0.05) is 121 Å². The highest BCUT2D eigenvalue weighted by Crippen LogP contribution is 2.15. The molecular formula is C26H29N3Si3. The maximum atomic E-state index is 4.39. The molecule has 0 amide bonds. The van der Waals surface area contributed by atoms with Gasteiger partial charge in [-0.25, -0.2) is 0 Å². The molecule has 4 aromatic rings. The van der Waals surface area contributed by atoms with Crippen LogP contribution in [0.4, 0.5) is 0 Å². The summed E-state index contributed by atoms with van der Waals surface area (Å²) in [6, 6.07) is 44.2. The number of nitrogens with one attached hydrogen (secondary N) is 3. The molecule has 1 saturated heterocycles. The van der Waals surface area contributed by atoms with Crippen LogP contribution in [-0.2, 0) is 0 Å². The van der Waals surface area contributed by atoms with Crippen LogP contribution in [-0.4, -0.2) is 25.2 Å². The van der Waals surface area contributed by atoms with Crippen LogP contribution >= 0.6 is 0 Å². The predicted octanol–water partition coefficient (Wildman–Crippen LogP) is 1.98. The van der Waals surface area contributed by atoms with Gasteiger partial charge in [-0.05, 0) is 33.8 Å². The first-order chi connectivity index (χ1) is 15.5. The van der Waals surface area contributed by atoms with E-state index in [1.54, 1.807) is 0 Å². The Morgan fingerprint density at radius 3 is 0.875 bits per heavy atom. The van der Waals surface area contributed by atoms with Gasteiger partial charge in [0.1, 0.15) is 0 Å². The van der Waals surface area contributed by atoms with Crippen molar-refractivity contribution >= 4 is 45.9 Å². The molecule has 1 fully saturated rings. The summed E-state index contributed by atoms with van der Waals surface area (Å²) in [5.74, 6) is 0. The Balaban J connectivity index is 1.82. The van der Waals surface area contributed by atoms with Crippen LogP contribution in [0.2, 0.25) is 13.1 Å². The average molecular weight is 468 g/mol. The van der Waals surface area contributed by atoms with Crippen molar-refractivity contribution in [2.24, 2.45) is 0 Å². The van der Waals surface area contributed by atoms with Gasteiger partial charge in [-0.3, -0.25) is 0 Å². The van der Waals surface area contributed by atoms with Crippen molar-refractivity contribution in [3.05, 3.63) is 121 Å². The van der Waals surface area contributed by atoms with Gasteiger partial charge in [0.25, 0.3) is 16.8 Å². The van der Waals surface area contributed by atoms with E-state index < -0.39 is 25.2 Å². The van der Waals surface area contributed by atoms with E-state index in [0.29, 0.717) is 0 Å². The third kappa shape index (κ3) is 3.75. The minimum atomic E-state index is -2.51. The smallest absolute Gasteiger partial charge is 0.256 e. The fourth-order valence-corrected chi connectivity index (χ4v) is 25.2. The maximum absolute atomic E-state index is 4.39. The molecule has 0 unspecified atom stereocenters. The van der Waals surface area contributed by atoms with Gasteiger partial charge in [-0.2, -0.15) is 0 Å². The normalized spacial score (nSPS) is 18.7. The third-order valence-corrected chi connectivity index (χ3v) is 22.0. The second-order valence-electron chi connectivity index (χ2n) is 8.96. The summed E-state index contributed by atoms with van der Waals surface area (Å²) >= 11 is 0. The lowest BCUT2D eigenvalue weighted by Crippen LogP contribution is -3.01. The first kappa shape index (κ1) is 21.3. The molecular weight excluding hydrogens is 439 g/mol. The summed E-state index contributed by atoms with van der Waals surface area (Å²) in [5.41, 5.74) is 0. The minimum absolute atomic E-state index is 1.37. The molecule has 0 saturated carbocycles. The van der Waals surface area contributed by atoms with Crippen LogP contribution in [0.3, 0.4) is 0 Å². The summed E-state index contributed by atoms with van der Waals surface area (Å²) in [6.07, 6.45) is 0. The molecule has 0 radical (unpaired) electrons. The SMILES string of the molecule is C[Si]1(C)N[Si](c2ccccc2)(c2ccccc2)N[Si](c2ccccc2)(c2ccccc2)N1. The van der Waals surface area contributed by atoms with Crippen LogP contribution in [0.5, 0.6) is 0 Å². The van der Waals surface area contributed by atoms with Crippen LogP contribution < -0.4 is 34.7 Å². The Hall–Kier alpha value is -2.59. The zero-order chi connectivity index (χ0) is 22.1. The molecule has 0 aromatic heterocycles. The number of benzene rings is 4. The number of hydrogen-bond acceptors (Lipinski definition) is 3. The Kier molecular flexibility index (Phi) is 5.58. The fourth-order valence-electron chi connectivity index (χ4n) is 4.98. The molecule has 32 heavy (non-hydrogen) atoms. The molecule has 1 aliphatic rings. The molecule has 0 bridgehead atoms. The summed E-state index contributed by atoms with van der Waals surface area (Å²) in [5, 5.41) is 5.49. The molecule has 0 aliphatic carbocycles. The predicted molar refractivity (Wildman–Crippen MR) is 143 cm³/mol. The van der Waals surface area contributed by atoms with Gasteiger partial charge in [-0.15, -0.1) is 0 Å². The van der Waals surface area contributed by atoms with Crippen LogP contribution in [0, 0.1) is 0 Å². The van der Waals surface area contributed by atoms with E-state index >= 15 is 0 Å². The number of rotatable bonds is 4. The van der Waals surface area contributed by atoms with Crippen molar-refractivity contribution in [1.29, 1.82) is 0 Å². The Bertz CT molecular complexity index is 998. The highest BCUT2D eigenvalue weighted by molar-refractivity contribution is 7.21. The molecule has 1 heterocycles. The van der Waals surface area contributed by atoms with Crippen LogP contribution in [0.25, 0.3) is 0 Å². The maximum Gasteiger partial charge on any atom is 0.256 e. The lowest BCUT2D eigenvalue weighted by atomic mass is 10.4. The van der Waals surface area contributed by atoms with Crippen molar-refractivity contribution in [1.82, 2.24) is 13.9 Å². The average Bonchev–Trinajstić information content (AvgIpc) is 2.85. The molecule has 0 spiro atoms. The van der Waals surface area contributed by atoms with Crippen molar-refractivity contribution in [2.45, 2.75) is 13.1 Å². The van der Waals surface area contributed by atoms with E-state index in [2.05, 4.69) is 148 Å². The molecule has 5 rings (SSSR count). The zero-order valence-corrected chi connectivity index (χ0v) is 21.5. The Morgan fingerprint density at radius 1 is 0.375 bits per heavy atom. The monoisotopic (exact) mass is 467 g/mol. The van der Waals surface area contributed by atoms with E-state index in [-0.39, 0.29) is 0 Å². The van der Waals surface area contributed by atoms with Gasteiger partial charge in [0, 0.05) is 0 Å². The highest BCUT2D eigenvalue weighted by Gasteiger charge is 2.57. The largest absolute Gasteiger partial charge is 0.329 e. The highest BCUT2D eigenvalue weighted by atomic mass is 28.5. The standard InChI is InChI=1S/C26H29N3Si3/c1-30(2)27-31(23-15-7-3-8-16-23,24-17-9-4-10-18-24)29-32(28-30,25-19-11-5-12-20-25)26-21-13-6-14-22-26/h3-22,27-29H,1-2H3. The van der Waals surface area contributed by atoms with Gasteiger partial charge in [0.2, 0.25) is 0 Å². The summed E-state index contributed by atoms with van der Waals surface area (Å²) in [7, 11) is -7.05. The summed E-state index contributed by atoms with van der Waals surface area (Å²) in [6.45, 7) is 4.82. The molecule has 3 N–H and O–H groups in total. The van der Waals surface area contributed by atoms with Crippen molar-refractivity contribution in [3.63, 3.8) is 0 Å². The minimum Gasteiger partial charge on any atom is -0.329 e. The molecule has 160 valence electrons. The molecule has 6 heteroatoms. The molecule has 1 aliphatic heterocycles. The van der Waals surface area contributed by atoms with Gasteiger partial charge >= 0.3 is 0 Å².